The van der Waals surface area contributed by atoms with E-state index < -0.39 is 0 Å². The summed E-state index contributed by atoms with van der Waals surface area (Å²) in [5.41, 5.74) is 12.1. The molecule has 1 fully saturated rings. The molecule has 2 N–H and O–H groups in total. The molecule has 1 rings (SSSR count). The summed E-state index contributed by atoms with van der Waals surface area (Å²) in [7, 11) is 1.80. The quantitative estimate of drug-likeness (QED) is 0.227. The monoisotopic (exact) mass is 442 g/mol. The Bertz CT molecular complexity index is 650. The summed E-state index contributed by atoms with van der Waals surface area (Å²) in [6, 6.07) is 0. The van der Waals surface area contributed by atoms with Gasteiger partial charge in [-0.1, -0.05) is 77.5 Å². The number of rotatable bonds is 8. The zero-order chi connectivity index (χ0) is 25.1. The van der Waals surface area contributed by atoms with Crippen molar-refractivity contribution in [2.45, 2.75) is 107 Å². The second-order valence-electron chi connectivity index (χ2n) is 9.24. The van der Waals surface area contributed by atoms with Crippen LogP contribution < -0.4 is 5.73 Å². The van der Waals surface area contributed by atoms with Gasteiger partial charge in [0.1, 0.15) is 0 Å². The molecule has 2 heteroatoms. The highest BCUT2D eigenvalue weighted by atomic mass is 14.7. The molecule has 0 unspecified atom stereocenters. The van der Waals surface area contributed by atoms with Gasteiger partial charge in [-0.25, -0.2) is 0 Å². The van der Waals surface area contributed by atoms with Crippen LogP contribution in [-0.4, -0.2) is 12.8 Å². The molecule has 0 heterocycles. The summed E-state index contributed by atoms with van der Waals surface area (Å²) >= 11 is 0. The van der Waals surface area contributed by atoms with Crippen LogP contribution >= 0.6 is 0 Å². The maximum atomic E-state index is 5.40. The van der Waals surface area contributed by atoms with Crippen LogP contribution in [0.1, 0.15) is 107 Å². The average molecular weight is 443 g/mol. The number of aliphatic imine (C=N–C) groups is 1. The maximum Gasteiger partial charge on any atom is 0.0345 e. The molecule has 0 radical (unpaired) electrons. The largest absolute Gasteiger partial charge is 0.405 e. The number of hydrogen-bond donors (Lipinski definition) is 1. The molecule has 1 aliphatic rings. The van der Waals surface area contributed by atoms with Gasteiger partial charge in [-0.3, -0.25) is 4.99 Å². The fourth-order valence-corrected chi connectivity index (χ4v) is 3.57. The van der Waals surface area contributed by atoms with Crippen molar-refractivity contribution < 1.29 is 0 Å². The van der Waals surface area contributed by atoms with Crippen LogP contribution in [0.25, 0.3) is 0 Å². The van der Waals surface area contributed by atoms with Gasteiger partial charge in [0.15, 0.2) is 0 Å². The van der Waals surface area contributed by atoms with Crippen molar-refractivity contribution in [2.24, 2.45) is 22.6 Å². The van der Waals surface area contributed by atoms with Gasteiger partial charge in [-0.2, -0.15) is 0 Å². The first-order valence-corrected chi connectivity index (χ1v) is 12.6. The molecule has 0 aliphatic heterocycles. The molecule has 1 saturated carbocycles. The van der Waals surface area contributed by atoms with Gasteiger partial charge in [-0.05, 0) is 93.9 Å². The molecule has 0 aromatic rings. The molecular formula is C30H54N2. The van der Waals surface area contributed by atoms with Crippen molar-refractivity contribution in [2.75, 3.05) is 7.05 Å². The molecule has 0 amide bonds. The zero-order valence-electron chi connectivity index (χ0n) is 23.0. The molecule has 0 aromatic carbocycles. The topological polar surface area (TPSA) is 38.4 Å². The predicted molar refractivity (Wildman–Crippen MR) is 149 cm³/mol. The molecule has 2 nitrogen and oxygen atoms in total. The summed E-state index contributed by atoms with van der Waals surface area (Å²) in [5.74, 6) is 2.09. The van der Waals surface area contributed by atoms with E-state index in [0.29, 0.717) is 0 Å². The Morgan fingerprint density at radius 2 is 1.56 bits per heavy atom. The minimum Gasteiger partial charge on any atom is -0.405 e. The van der Waals surface area contributed by atoms with Crippen molar-refractivity contribution in [1.82, 2.24) is 0 Å². The third-order valence-electron chi connectivity index (χ3n) is 6.50. The van der Waals surface area contributed by atoms with Crippen molar-refractivity contribution in [1.29, 1.82) is 0 Å². The number of hydrogen-bond acceptors (Lipinski definition) is 2. The number of unbranched alkanes of at least 4 members (excludes halogenated alkanes) is 1. The Morgan fingerprint density at radius 3 is 1.91 bits per heavy atom. The Kier molecular flexibility index (Phi) is 20.0. The van der Waals surface area contributed by atoms with E-state index in [9.17, 15) is 0 Å². The molecule has 0 atom stereocenters. The van der Waals surface area contributed by atoms with E-state index in [1.54, 1.807) is 7.05 Å². The van der Waals surface area contributed by atoms with E-state index in [1.807, 2.05) is 26.0 Å². The molecular weight excluding hydrogens is 388 g/mol. The average Bonchev–Trinajstić information content (AvgIpc) is 2.80. The minimum absolute atomic E-state index is 0.990. The van der Waals surface area contributed by atoms with Crippen molar-refractivity contribution in [3.63, 3.8) is 0 Å². The molecule has 0 saturated heterocycles. The lowest BCUT2D eigenvalue weighted by atomic mass is 9.82. The van der Waals surface area contributed by atoms with Crippen LogP contribution in [0.15, 0.2) is 64.4 Å². The summed E-state index contributed by atoms with van der Waals surface area (Å²) < 4.78 is 0. The van der Waals surface area contributed by atoms with E-state index in [-0.39, 0.29) is 0 Å². The van der Waals surface area contributed by atoms with Gasteiger partial charge in [0, 0.05) is 12.8 Å². The Morgan fingerprint density at radius 1 is 1.00 bits per heavy atom. The van der Waals surface area contributed by atoms with Crippen LogP contribution in [0.5, 0.6) is 0 Å². The van der Waals surface area contributed by atoms with E-state index in [2.05, 4.69) is 59.7 Å². The number of nitrogens with two attached hydrogens (primary N) is 1. The summed E-state index contributed by atoms with van der Waals surface area (Å²) in [6.07, 6.45) is 16.6. The van der Waals surface area contributed by atoms with Crippen LogP contribution in [0.2, 0.25) is 0 Å². The van der Waals surface area contributed by atoms with Crippen LogP contribution in [0.3, 0.4) is 0 Å². The van der Waals surface area contributed by atoms with E-state index in [4.69, 9.17) is 5.73 Å². The lowest BCUT2D eigenvalue weighted by Gasteiger charge is -2.24. The van der Waals surface area contributed by atoms with Crippen LogP contribution in [-0.2, 0) is 0 Å². The number of nitrogens with zero attached hydrogens (tertiary/aromatic N) is 1. The fraction of sp³-hybridized carbons (Fsp3) is 0.633. The summed E-state index contributed by atoms with van der Waals surface area (Å²) in [6.45, 7) is 25.0. The van der Waals surface area contributed by atoms with E-state index in [1.165, 1.54) is 63.1 Å². The zero-order valence-corrected chi connectivity index (χ0v) is 23.0. The first-order valence-electron chi connectivity index (χ1n) is 12.6. The van der Waals surface area contributed by atoms with E-state index >= 15 is 0 Å². The molecule has 0 spiro atoms. The van der Waals surface area contributed by atoms with Crippen LogP contribution in [0.4, 0.5) is 0 Å². The predicted octanol–water partition coefficient (Wildman–Crippen LogP) is 9.36. The lowest BCUT2D eigenvalue weighted by molar-refractivity contribution is 0.284. The normalized spacial score (nSPS) is 19.9. The highest BCUT2D eigenvalue weighted by molar-refractivity contribution is 5.99. The standard InChI is InChI=1S/C14H22N2.C9H18.C7H14/c1-7-14(8-9-15)12(4)10(2)11(3)13(5)16-6;1-3-9-6-4-8(2)5-7-9;1-4-5-6-7(2)3/h7-9H,4,15H2,1-3,5-6H3;8-9H,3-7H2,1-2H3;2,4-6H2,1,3H3/b9-8-,11-10-,14-7+,16-13?;;. The Hall–Kier alpha value is -1.83. The van der Waals surface area contributed by atoms with Gasteiger partial charge >= 0.3 is 0 Å². The molecule has 32 heavy (non-hydrogen) atoms. The van der Waals surface area contributed by atoms with Crippen molar-refractivity contribution in [3.8, 4) is 0 Å². The molecule has 0 aromatic heterocycles. The fourth-order valence-electron chi connectivity index (χ4n) is 3.57. The number of allylic oxidation sites excluding steroid dienone is 7. The Balaban J connectivity index is 0. The highest BCUT2D eigenvalue weighted by Gasteiger charge is 2.15. The lowest BCUT2D eigenvalue weighted by Crippen LogP contribution is -2.10. The summed E-state index contributed by atoms with van der Waals surface area (Å²) in [4.78, 5) is 4.18. The SMILES string of the molecule is C=C(/C(C)=C(/C)C(C)=NC)C(/C=C\N)=C/C.C=C(C)CCCC.CCC1CCC(C)CC1. The smallest absolute Gasteiger partial charge is 0.0345 e. The highest BCUT2D eigenvalue weighted by Crippen LogP contribution is 2.29. The van der Waals surface area contributed by atoms with E-state index in [0.717, 1.165) is 39.8 Å². The van der Waals surface area contributed by atoms with Crippen LogP contribution in [0, 0.1) is 11.8 Å². The second-order valence-corrected chi connectivity index (χ2v) is 9.24. The van der Waals surface area contributed by atoms with Gasteiger partial charge in [0.2, 0.25) is 0 Å². The van der Waals surface area contributed by atoms with Gasteiger partial charge in [0.05, 0.1) is 0 Å². The van der Waals surface area contributed by atoms with Crippen molar-refractivity contribution >= 4 is 5.71 Å². The minimum atomic E-state index is 0.990. The summed E-state index contributed by atoms with van der Waals surface area (Å²) in [5, 5.41) is 0. The maximum absolute atomic E-state index is 5.40. The third kappa shape index (κ3) is 15.1. The van der Waals surface area contributed by atoms with Gasteiger partial charge in [0.25, 0.3) is 0 Å². The Labute approximate surface area is 201 Å². The first kappa shape index (κ1) is 32.4. The van der Waals surface area contributed by atoms with Crippen molar-refractivity contribution in [3.05, 3.63) is 59.4 Å². The molecule has 1 aliphatic carbocycles. The third-order valence-corrected chi connectivity index (χ3v) is 6.50. The molecule has 0 bridgehead atoms. The van der Waals surface area contributed by atoms with Gasteiger partial charge < -0.3 is 5.73 Å². The molecule has 184 valence electrons. The second kappa shape index (κ2) is 19.8. The van der Waals surface area contributed by atoms with Gasteiger partial charge in [-0.15, -0.1) is 6.58 Å². The first-order chi connectivity index (χ1) is 15.1.